The molecule has 5 rings (SSSR count). The van der Waals surface area contributed by atoms with Crippen molar-refractivity contribution in [1.29, 1.82) is 0 Å². The summed E-state index contributed by atoms with van der Waals surface area (Å²) in [4.78, 5) is 7.95. The second-order valence-electron chi connectivity index (χ2n) is 5.92. The third-order valence-corrected chi connectivity index (χ3v) is 4.35. The average Bonchev–Trinajstić information content (AvgIpc) is 3.31. The predicted octanol–water partition coefficient (Wildman–Crippen LogP) is 2.73. The lowest BCUT2D eigenvalue weighted by Gasteiger charge is -2.04. The first-order valence-corrected chi connectivity index (χ1v) is 7.68. The zero-order chi connectivity index (χ0) is 16.3. The average molecular weight is 317 g/mol. The lowest BCUT2D eigenvalue weighted by molar-refractivity contribution is -0.674. The minimum atomic E-state index is 0.849. The third kappa shape index (κ3) is 1.70. The Morgan fingerprint density at radius 2 is 2.17 bits per heavy atom. The number of nitrogens with one attached hydrogen (secondary N) is 1. The van der Waals surface area contributed by atoms with Crippen molar-refractivity contribution in [2.45, 2.75) is 0 Å². The van der Waals surface area contributed by atoms with Gasteiger partial charge in [-0.25, -0.2) is 4.98 Å². The summed E-state index contributed by atoms with van der Waals surface area (Å²) in [6, 6.07) is 6.16. The van der Waals surface area contributed by atoms with E-state index in [0.29, 0.717) is 0 Å². The summed E-state index contributed by atoms with van der Waals surface area (Å²) in [5.74, 6) is 0.876. The summed E-state index contributed by atoms with van der Waals surface area (Å²) >= 11 is 0. The van der Waals surface area contributed by atoms with Gasteiger partial charge in [0.1, 0.15) is 12.1 Å². The quantitative estimate of drug-likeness (QED) is 0.402. The van der Waals surface area contributed by atoms with Gasteiger partial charge >= 0.3 is 0 Å². The van der Waals surface area contributed by atoms with E-state index in [-0.39, 0.29) is 0 Å². The molecular weight excluding hydrogens is 302 g/mol. The number of benzene rings is 1. The van der Waals surface area contributed by atoms with Crippen molar-refractivity contribution in [3.05, 3.63) is 55.6 Å². The molecule has 1 aromatic carbocycles. The largest absolute Gasteiger partial charge is 0.461 e. The number of H-pyrrole nitrogens is 1. The van der Waals surface area contributed by atoms with Crippen LogP contribution in [-0.4, -0.2) is 19.1 Å². The number of imidazole rings is 2. The molecule has 1 N–H and O–H groups in total. The topological polar surface area (TPSA) is 55.6 Å². The lowest BCUT2D eigenvalue weighted by atomic mass is 10.2. The number of aryl methyl sites for hydroxylation is 2. The monoisotopic (exact) mass is 317 g/mol. The molecule has 0 bridgehead atoms. The van der Waals surface area contributed by atoms with Crippen molar-refractivity contribution < 1.29 is 8.98 Å². The van der Waals surface area contributed by atoms with Crippen molar-refractivity contribution in [1.82, 2.24) is 19.1 Å². The number of nitrogens with zero attached hydrogens (tertiary/aromatic N) is 4. The Hall–Kier alpha value is -3.28. The Kier molecular flexibility index (Phi) is 2.53. The van der Waals surface area contributed by atoms with E-state index in [9.17, 15) is 0 Å². The van der Waals surface area contributed by atoms with Gasteiger partial charge in [-0.05, 0) is 0 Å². The molecule has 5 aromatic rings. The van der Waals surface area contributed by atoms with Crippen molar-refractivity contribution >= 4 is 22.0 Å². The zero-order valence-corrected chi connectivity index (χ0v) is 13.3. The van der Waals surface area contributed by atoms with Gasteiger partial charge in [0.2, 0.25) is 6.33 Å². The Labute approximate surface area is 137 Å². The van der Waals surface area contributed by atoms with Crippen LogP contribution >= 0.6 is 0 Å². The van der Waals surface area contributed by atoms with Gasteiger partial charge in [0.05, 0.1) is 29.3 Å². The van der Waals surface area contributed by atoms with Crippen LogP contribution in [0.2, 0.25) is 0 Å². The Morgan fingerprint density at radius 3 is 2.92 bits per heavy atom. The SMILES string of the molecule is Cn1ccnc1-c1coc2c1[nH]c1c(-n3[c-][n+](C)cc3)cccc12. The standard InChI is InChI=1S/C18H15N5O/c1-21-8-9-23(11-21)14-5-3-4-12-15(14)20-16-13(10-24-17(12)16)18-19-6-7-22(18)2/h3-10,20H,1-2H3. The minimum absolute atomic E-state index is 0.849. The Bertz CT molecular complexity index is 1190. The fraction of sp³-hybridized carbons (Fsp3) is 0.111. The molecule has 6 heteroatoms. The summed E-state index contributed by atoms with van der Waals surface area (Å²) in [5, 5.41) is 1.05. The number of aromatic amines is 1. The van der Waals surface area contributed by atoms with E-state index in [1.165, 1.54) is 0 Å². The van der Waals surface area contributed by atoms with Gasteiger partial charge in [-0.3, -0.25) is 0 Å². The highest BCUT2D eigenvalue weighted by atomic mass is 16.3. The van der Waals surface area contributed by atoms with Crippen LogP contribution in [0, 0.1) is 6.33 Å². The number of aromatic nitrogens is 5. The van der Waals surface area contributed by atoms with Crippen LogP contribution in [0.5, 0.6) is 0 Å². The van der Waals surface area contributed by atoms with E-state index in [1.807, 2.05) is 52.5 Å². The number of hydrogen-bond acceptors (Lipinski definition) is 2. The molecule has 0 fully saturated rings. The van der Waals surface area contributed by atoms with Crippen LogP contribution < -0.4 is 4.57 Å². The Morgan fingerprint density at radius 1 is 1.25 bits per heavy atom. The normalized spacial score (nSPS) is 11.8. The van der Waals surface area contributed by atoms with E-state index in [2.05, 4.69) is 28.4 Å². The highest BCUT2D eigenvalue weighted by Crippen LogP contribution is 2.35. The predicted molar refractivity (Wildman–Crippen MR) is 89.6 cm³/mol. The molecule has 0 aliphatic heterocycles. The fourth-order valence-corrected chi connectivity index (χ4v) is 3.19. The van der Waals surface area contributed by atoms with Crippen LogP contribution in [0.4, 0.5) is 0 Å². The van der Waals surface area contributed by atoms with E-state index in [4.69, 9.17) is 4.42 Å². The van der Waals surface area contributed by atoms with Gasteiger partial charge in [0, 0.05) is 37.2 Å². The van der Waals surface area contributed by atoms with Crippen LogP contribution in [0.15, 0.2) is 53.7 Å². The maximum Gasteiger partial charge on any atom is 0.243 e. The van der Waals surface area contributed by atoms with Gasteiger partial charge < -0.3 is 23.1 Å². The molecule has 0 unspecified atom stereocenters. The summed E-state index contributed by atoms with van der Waals surface area (Å²) in [7, 11) is 3.93. The van der Waals surface area contributed by atoms with Gasteiger partial charge in [-0.1, -0.05) is 18.2 Å². The first kappa shape index (κ1) is 13.2. The van der Waals surface area contributed by atoms with Crippen LogP contribution in [0.3, 0.4) is 0 Å². The molecule has 0 aliphatic rings. The number of para-hydroxylation sites is 1. The minimum Gasteiger partial charge on any atom is -0.461 e. The van der Waals surface area contributed by atoms with E-state index in [1.54, 1.807) is 12.5 Å². The van der Waals surface area contributed by atoms with Gasteiger partial charge in [0.15, 0.2) is 5.58 Å². The molecule has 0 atom stereocenters. The third-order valence-electron chi connectivity index (χ3n) is 4.35. The second kappa shape index (κ2) is 4.61. The molecule has 4 heterocycles. The van der Waals surface area contributed by atoms with Crippen molar-refractivity contribution in [3.63, 3.8) is 0 Å². The Balaban J connectivity index is 1.82. The maximum absolute atomic E-state index is 5.87. The van der Waals surface area contributed by atoms with Crippen LogP contribution in [0.25, 0.3) is 39.1 Å². The molecule has 0 aliphatic carbocycles. The lowest BCUT2D eigenvalue weighted by Crippen LogP contribution is -2.24. The summed E-state index contributed by atoms with van der Waals surface area (Å²) in [6.07, 6.45) is 12.7. The molecule has 24 heavy (non-hydrogen) atoms. The maximum atomic E-state index is 5.87. The number of hydrogen-bond donors (Lipinski definition) is 1. The molecule has 0 spiro atoms. The summed E-state index contributed by atoms with van der Waals surface area (Å²) in [5.41, 5.74) is 4.83. The molecule has 0 saturated heterocycles. The zero-order valence-electron chi connectivity index (χ0n) is 13.3. The van der Waals surface area contributed by atoms with E-state index >= 15 is 0 Å². The molecule has 0 radical (unpaired) electrons. The first-order chi connectivity index (χ1) is 11.7. The molecule has 118 valence electrons. The second-order valence-corrected chi connectivity index (χ2v) is 5.92. The number of rotatable bonds is 2. The van der Waals surface area contributed by atoms with Crippen molar-refractivity contribution in [2.75, 3.05) is 0 Å². The van der Waals surface area contributed by atoms with Crippen molar-refractivity contribution in [3.8, 4) is 17.1 Å². The first-order valence-electron chi connectivity index (χ1n) is 7.68. The molecule has 0 saturated carbocycles. The highest BCUT2D eigenvalue weighted by molar-refractivity contribution is 6.10. The molecular formula is C18H15N5O. The van der Waals surface area contributed by atoms with Gasteiger partial charge in [-0.2, -0.15) is 0 Å². The van der Waals surface area contributed by atoms with Crippen LogP contribution in [-0.2, 0) is 14.1 Å². The number of fused-ring (bicyclic) bond motifs is 3. The van der Waals surface area contributed by atoms with Gasteiger partial charge in [0.25, 0.3) is 0 Å². The summed E-state index contributed by atoms with van der Waals surface area (Å²) < 4.78 is 11.7. The number of furan rings is 1. The molecule has 6 nitrogen and oxygen atoms in total. The van der Waals surface area contributed by atoms with E-state index < -0.39 is 0 Å². The molecule has 0 amide bonds. The van der Waals surface area contributed by atoms with Crippen LogP contribution in [0.1, 0.15) is 0 Å². The van der Waals surface area contributed by atoms with Gasteiger partial charge in [-0.15, -0.1) is 0 Å². The van der Waals surface area contributed by atoms with E-state index in [0.717, 1.165) is 39.1 Å². The fourth-order valence-electron chi connectivity index (χ4n) is 3.19. The molecule has 4 aromatic heterocycles. The van der Waals surface area contributed by atoms with Crippen molar-refractivity contribution in [2.24, 2.45) is 14.1 Å². The summed E-state index contributed by atoms with van der Waals surface area (Å²) in [6.45, 7) is 0. The smallest absolute Gasteiger partial charge is 0.243 e. The highest BCUT2D eigenvalue weighted by Gasteiger charge is 2.18.